The van der Waals surface area contributed by atoms with E-state index in [4.69, 9.17) is 5.73 Å². The molecular weight excluding hydrogens is 570 g/mol. The predicted molar refractivity (Wildman–Crippen MR) is 173 cm³/mol. The molecule has 0 unspecified atom stereocenters. The van der Waals surface area contributed by atoms with Gasteiger partial charge in [0, 0.05) is 24.5 Å². The molecule has 2 amide bonds. The van der Waals surface area contributed by atoms with Crippen LogP contribution in [-0.4, -0.2) is 67.5 Å². The number of nitrogen functional groups attached to an aromatic ring is 1. The van der Waals surface area contributed by atoms with Crippen LogP contribution >= 0.6 is 0 Å². The second-order valence-corrected chi connectivity index (χ2v) is 10.8. The first-order valence-electron chi connectivity index (χ1n) is 14.5. The first kappa shape index (κ1) is 29.3. The Morgan fingerprint density at radius 2 is 1.76 bits per heavy atom. The lowest BCUT2D eigenvalue weighted by Crippen LogP contribution is -2.26. The van der Waals surface area contributed by atoms with E-state index in [-0.39, 0.29) is 23.3 Å². The summed E-state index contributed by atoms with van der Waals surface area (Å²) in [5, 5.41) is 2.78. The molecule has 0 aliphatic carbocycles. The average Bonchev–Trinajstić information content (AvgIpc) is 3.67. The number of nitrogens with zero attached hydrogens (tertiary/aromatic N) is 7. The lowest BCUT2D eigenvalue weighted by Gasteiger charge is -2.15. The van der Waals surface area contributed by atoms with Crippen LogP contribution in [-0.2, 0) is 4.79 Å². The van der Waals surface area contributed by atoms with Crippen LogP contribution in [0.4, 0.5) is 17.3 Å². The Bertz CT molecular complexity index is 2030. The first-order chi connectivity index (χ1) is 21.8. The zero-order chi connectivity index (χ0) is 31.5. The van der Waals surface area contributed by atoms with Crippen molar-refractivity contribution in [2.75, 3.05) is 42.6 Å². The normalized spacial score (nSPS) is 12.9. The number of benzene rings is 2. The summed E-state index contributed by atoms with van der Waals surface area (Å²) in [6.45, 7) is 4.48. The highest BCUT2D eigenvalue weighted by atomic mass is 16.2. The number of amides is 2. The minimum atomic E-state index is -0.449. The van der Waals surface area contributed by atoms with Crippen molar-refractivity contribution in [3.05, 3.63) is 94.8 Å². The molecule has 226 valence electrons. The number of fused-ring (bicyclic) bond motifs is 1. The number of aryl methyl sites for hydroxylation is 1. The van der Waals surface area contributed by atoms with Gasteiger partial charge in [0.1, 0.15) is 17.7 Å². The molecule has 0 saturated carbocycles. The van der Waals surface area contributed by atoms with Gasteiger partial charge >= 0.3 is 11.6 Å². The fourth-order valence-corrected chi connectivity index (χ4v) is 5.28. The van der Waals surface area contributed by atoms with Gasteiger partial charge in [-0.3, -0.25) is 19.1 Å². The fraction of sp³-hybridized carbons (Fsp3) is 0.212. The average molecular weight is 602 g/mol. The second kappa shape index (κ2) is 12.4. The predicted octanol–water partition coefficient (Wildman–Crippen LogP) is 3.17. The van der Waals surface area contributed by atoms with Crippen LogP contribution in [0, 0.1) is 18.8 Å². The van der Waals surface area contributed by atoms with E-state index in [9.17, 15) is 14.4 Å². The van der Waals surface area contributed by atoms with Gasteiger partial charge < -0.3 is 16.0 Å². The lowest BCUT2D eigenvalue weighted by molar-refractivity contribution is -0.113. The van der Waals surface area contributed by atoms with E-state index in [1.807, 2.05) is 13.0 Å². The van der Waals surface area contributed by atoms with Crippen molar-refractivity contribution in [2.45, 2.75) is 19.8 Å². The maximum Gasteiger partial charge on any atom is 0.339 e. The van der Waals surface area contributed by atoms with Gasteiger partial charge in [-0.05, 0) is 98.9 Å². The van der Waals surface area contributed by atoms with E-state index in [0.29, 0.717) is 40.5 Å². The SMILES string of the molecule is Cc1ccnc(NC(=O)c2ccc(-n3c(=O)n(-c4cccc(N(C)C(=O)C#CCN5CCCC5)c4)c4ncnc(N)c43)cc2)c1. The molecule has 0 bridgehead atoms. The van der Waals surface area contributed by atoms with Gasteiger partial charge in [-0.15, -0.1) is 0 Å². The molecule has 3 N–H and O–H groups in total. The number of rotatable bonds is 6. The number of nitrogens with two attached hydrogens (primary N) is 1. The van der Waals surface area contributed by atoms with Crippen molar-refractivity contribution in [3.63, 3.8) is 0 Å². The molecular formula is C33H31N9O3. The van der Waals surface area contributed by atoms with Crippen molar-refractivity contribution in [1.29, 1.82) is 0 Å². The van der Waals surface area contributed by atoms with Crippen LogP contribution in [0.1, 0.15) is 28.8 Å². The number of nitrogens with one attached hydrogen (secondary N) is 1. The number of hydrogen-bond acceptors (Lipinski definition) is 8. The quantitative estimate of drug-likeness (QED) is 0.283. The zero-order valence-corrected chi connectivity index (χ0v) is 24.9. The maximum absolute atomic E-state index is 14.0. The van der Waals surface area contributed by atoms with Crippen molar-refractivity contribution >= 4 is 40.3 Å². The molecule has 12 heteroatoms. The number of imidazole rings is 1. The summed E-state index contributed by atoms with van der Waals surface area (Å²) in [5.74, 6) is 5.56. The molecule has 45 heavy (non-hydrogen) atoms. The van der Waals surface area contributed by atoms with E-state index in [1.165, 1.54) is 20.4 Å². The van der Waals surface area contributed by atoms with Gasteiger partial charge in [0.15, 0.2) is 11.5 Å². The molecule has 6 rings (SSSR count). The van der Waals surface area contributed by atoms with Gasteiger partial charge in [0.2, 0.25) is 0 Å². The Balaban J connectivity index is 1.31. The number of hydrogen-bond donors (Lipinski definition) is 2. The Labute approximate surface area is 259 Å². The lowest BCUT2D eigenvalue weighted by atomic mass is 10.2. The Morgan fingerprint density at radius 1 is 0.978 bits per heavy atom. The largest absolute Gasteiger partial charge is 0.382 e. The number of carbonyl (C=O) groups excluding carboxylic acids is 2. The minimum absolute atomic E-state index is 0.111. The molecule has 1 fully saturated rings. The Hall–Kier alpha value is -5.80. The standard InChI is InChI=1S/C33H31N9O3/c1-22-14-15-35-27(19-22)38-32(44)23-10-12-24(13-11-23)41-29-30(34)36-21-37-31(29)42(33(41)45)26-8-5-7-25(20-26)39(2)28(43)9-6-18-40-16-3-4-17-40/h5,7-8,10-15,19-21H,3-4,16-18H2,1-2H3,(H2,34,36,37)(H,35,38,44). The van der Waals surface area contributed by atoms with Gasteiger partial charge in [-0.1, -0.05) is 12.0 Å². The third-order valence-electron chi connectivity index (χ3n) is 7.67. The molecule has 12 nitrogen and oxygen atoms in total. The number of carbonyl (C=O) groups is 2. The van der Waals surface area contributed by atoms with Crippen LogP contribution < -0.4 is 21.6 Å². The summed E-state index contributed by atoms with van der Waals surface area (Å²) in [5.41, 5.74) is 9.27. The summed E-state index contributed by atoms with van der Waals surface area (Å²) in [6.07, 6.45) is 5.23. The highest BCUT2D eigenvalue weighted by molar-refractivity contribution is 6.05. The van der Waals surface area contributed by atoms with Gasteiger partial charge in [0.25, 0.3) is 5.91 Å². The first-order valence-corrected chi connectivity index (χ1v) is 14.5. The molecule has 4 heterocycles. The van der Waals surface area contributed by atoms with Crippen LogP contribution in [0.2, 0.25) is 0 Å². The number of pyridine rings is 1. The highest BCUT2D eigenvalue weighted by Gasteiger charge is 2.21. The molecule has 1 saturated heterocycles. The molecule has 0 spiro atoms. The smallest absolute Gasteiger partial charge is 0.339 e. The van der Waals surface area contributed by atoms with Crippen molar-refractivity contribution < 1.29 is 9.59 Å². The second-order valence-electron chi connectivity index (χ2n) is 10.8. The van der Waals surface area contributed by atoms with Crippen LogP contribution in [0.3, 0.4) is 0 Å². The van der Waals surface area contributed by atoms with Gasteiger partial charge in [-0.25, -0.2) is 24.3 Å². The van der Waals surface area contributed by atoms with Crippen molar-refractivity contribution in [1.82, 2.24) is 29.0 Å². The molecule has 2 aromatic carbocycles. The maximum atomic E-state index is 14.0. The molecule has 0 radical (unpaired) electrons. The van der Waals surface area contributed by atoms with E-state index < -0.39 is 5.69 Å². The number of aromatic nitrogens is 5. The van der Waals surface area contributed by atoms with Crippen LogP contribution in [0.25, 0.3) is 22.5 Å². The minimum Gasteiger partial charge on any atom is -0.382 e. The van der Waals surface area contributed by atoms with E-state index >= 15 is 0 Å². The monoisotopic (exact) mass is 601 g/mol. The summed E-state index contributed by atoms with van der Waals surface area (Å²) >= 11 is 0. The number of likely N-dealkylation sites (tertiary alicyclic amines) is 1. The van der Waals surface area contributed by atoms with E-state index in [2.05, 4.69) is 37.0 Å². The molecule has 1 aliphatic heterocycles. The third-order valence-corrected chi connectivity index (χ3v) is 7.67. The summed E-state index contributed by atoms with van der Waals surface area (Å²) in [7, 11) is 1.64. The Morgan fingerprint density at radius 3 is 2.51 bits per heavy atom. The van der Waals surface area contributed by atoms with Gasteiger partial charge in [-0.2, -0.15) is 0 Å². The fourth-order valence-electron chi connectivity index (χ4n) is 5.28. The summed E-state index contributed by atoms with van der Waals surface area (Å²) in [6, 6.07) is 17.1. The topological polar surface area (TPSA) is 144 Å². The highest BCUT2D eigenvalue weighted by Crippen LogP contribution is 2.25. The zero-order valence-electron chi connectivity index (χ0n) is 24.9. The van der Waals surface area contributed by atoms with E-state index in [1.54, 1.807) is 67.8 Å². The van der Waals surface area contributed by atoms with Crippen LogP contribution in [0.5, 0.6) is 0 Å². The number of anilines is 3. The Kier molecular flexibility index (Phi) is 8.09. The van der Waals surface area contributed by atoms with Crippen molar-refractivity contribution in [2.24, 2.45) is 0 Å². The van der Waals surface area contributed by atoms with Gasteiger partial charge in [0.05, 0.1) is 17.9 Å². The molecule has 1 aliphatic rings. The van der Waals surface area contributed by atoms with E-state index in [0.717, 1.165) is 31.5 Å². The van der Waals surface area contributed by atoms with Crippen LogP contribution in [0.15, 0.2) is 78.0 Å². The molecule has 3 aromatic heterocycles. The summed E-state index contributed by atoms with van der Waals surface area (Å²) in [4.78, 5) is 56.1. The summed E-state index contributed by atoms with van der Waals surface area (Å²) < 4.78 is 2.82. The molecule has 5 aromatic rings. The molecule has 0 atom stereocenters. The third kappa shape index (κ3) is 6.02. The van der Waals surface area contributed by atoms with Crippen molar-refractivity contribution in [3.8, 4) is 23.2 Å².